The Morgan fingerprint density at radius 3 is 2.33 bits per heavy atom. The van der Waals surface area contributed by atoms with E-state index in [4.69, 9.17) is 18.6 Å². The molecule has 2 heterocycles. The first-order valence-electron chi connectivity index (χ1n) is 7.80. The summed E-state index contributed by atoms with van der Waals surface area (Å²) >= 11 is 0. The van der Waals surface area contributed by atoms with E-state index in [1.807, 2.05) is 6.92 Å². The van der Waals surface area contributed by atoms with Crippen LogP contribution in [0.2, 0.25) is 18.1 Å². The van der Waals surface area contributed by atoms with Crippen molar-refractivity contribution in [2.24, 2.45) is 5.92 Å². The Bertz CT molecular complexity index is 360. The van der Waals surface area contributed by atoms with Gasteiger partial charge < -0.3 is 23.7 Å². The third kappa shape index (κ3) is 3.68. The van der Waals surface area contributed by atoms with Gasteiger partial charge in [0.25, 0.3) is 0 Å². The van der Waals surface area contributed by atoms with Crippen LogP contribution in [0, 0.1) is 5.92 Å². The average Bonchev–Trinajstić information content (AvgIpc) is 2.93. The highest BCUT2D eigenvalue weighted by Crippen LogP contribution is 2.41. The molecule has 2 rings (SSSR count). The van der Waals surface area contributed by atoms with Crippen LogP contribution in [0.4, 0.5) is 0 Å². The molecule has 0 aromatic heterocycles. The van der Waals surface area contributed by atoms with Crippen LogP contribution in [0.25, 0.3) is 0 Å². The van der Waals surface area contributed by atoms with Crippen molar-refractivity contribution in [2.75, 3.05) is 19.8 Å². The lowest BCUT2D eigenvalue weighted by molar-refractivity contribution is -0.196. The van der Waals surface area contributed by atoms with Crippen molar-refractivity contribution in [1.29, 1.82) is 0 Å². The molecule has 1 unspecified atom stereocenters. The van der Waals surface area contributed by atoms with Crippen molar-refractivity contribution < 1.29 is 23.7 Å². The smallest absolute Gasteiger partial charge is 0.192 e. The first-order valence-corrected chi connectivity index (χ1v) is 10.7. The standard InChI is InChI=1S/C15H30O5Si/c1-14(2,3)21(5,6)19-10-12-11(9-13(16)20-12)15(4)17-7-8-18-15/h11-13,16H,7-10H2,1-6H3/t11-,12+,13?/m0/s1. The number of aliphatic hydroxyl groups excluding tert-OH is 1. The molecule has 0 aliphatic carbocycles. The van der Waals surface area contributed by atoms with Crippen molar-refractivity contribution in [1.82, 2.24) is 0 Å². The maximum Gasteiger partial charge on any atom is 0.192 e. The lowest BCUT2D eigenvalue weighted by Gasteiger charge is -2.38. The van der Waals surface area contributed by atoms with Crippen LogP contribution in [0.3, 0.4) is 0 Å². The summed E-state index contributed by atoms with van der Waals surface area (Å²) in [7, 11) is -1.83. The maximum absolute atomic E-state index is 9.86. The lowest BCUT2D eigenvalue weighted by atomic mass is 9.92. The molecule has 1 N–H and O–H groups in total. The summed E-state index contributed by atoms with van der Waals surface area (Å²) < 4.78 is 23.4. The Morgan fingerprint density at radius 1 is 1.24 bits per heavy atom. The van der Waals surface area contributed by atoms with Gasteiger partial charge in [0.2, 0.25) is 0 Å². The Hall–Kier alpha value is 0.0169. The quantitative estimate of drug-likeness (QED) is 0.807. The average molecular weight is 318 g/mol. The fourth-order valence-corrected chi connectivity index (χ4v) is 3.69. The zero-order valence-electron chi connectivity index (χ0n) is 14.1. The SMILES string of the molecule is CC1([C@H]2CC(O)O[C@@H]2CO[Si](C)(C)C(C)(C)C)OCCO1. The summed E-state index contributed by atoms with van der Waals surface area (Å²) in [6.45, 7) is 14.7. The van der Waals surface area contributed by atoms with Crippen molar-refractivity contribution in [3.63, 3.8) is 0 Å². The van der Waals surface area contributed by atoms with Crippen LogP contribution in [-0.4, -0.2) is 51.4 Å². The van der Waals surface area contributed by atoms with Gasteiger partial charge in [-0.2, -0.15) is 0 Å². The van der Waals surface area contributed by atoms with Gasteiger partial charge in [0.15, 0.2) is 20.4 Å². The second kappa shape index (κ2) is 5.90. The van der Waals surface area contributed by atoms with Gasteiger partial charge in [-0.3, -0.25) is 0 Å². The number of hydrogen-bond donors (Lipinski definition) is 1. The largest absolute Gasteiger partial charge is 0.414 e. The molecule has 0 aromatic rings. The molecule has 0 saturated carbocycles. The summed E-state index contributed by atoms with van der Waals surface area (Å²) in [6, 6.07) is 0. The molecule has 3 atom stereocenters. The van der Waals surface area contributed by atoms with Gasteiger partial charge in [0, 0.05) is 12.3 Å². The number of aliphatic hydroxyl groups is 1. The first kappa shape index (κ1) is 17.4. The van der Waals surface area contributed by atoms with Gasteiger partial charge in [0.1, 0.15) is 0 Å². The molecule has 0 spiro atoms. The first-order chi connectivity index (χ1) is 9.55. The Balaban J connectivity index is 2.01. The number of hydrogen-bond acceptors (Lipinski definition) is 5. The highest BCUT2D eigenvalue weighted by atomic mass is 28.4. The molecule has 0 aromatic carbocycles. The maximum atomic E-state index is 9.86. The van der Waals surface area contributed by atoms with Gasteiger partial charge in [-0.25, -0.2) is 0 Å². The van der Waals surface area contributed by atoms with E-state index < -0.39 is 20.4 Å². The van der Waals surface area contributed by atoms with E-state index in [0.29, 0.717) is 26.2 Å². The fraction of sp³-hybridized carbons (Fsp3) is 1.00. The van der Waals surface area contributed by atoms with Gasteiger partial charge in [0.05, 0.1) is 25.9 Å². The van der Waals surface area contributed by atoms with E-state index in [-0.39, 0.29) is 17.1 Å². The molecule has 0 amide bonds. The van der Waals surface area contributed by atoms with Gasteiger partial charge >= 0.3 is 0 Å². The second-order valence-electron chi connectivity index (χ2n) is 7.76. The molecule has 21 heavy (non-hydrogen) atoms. The third-order valence-electron chi connectivity index (χ3n) is 5.19. The summed E-state index contributed by atoms with van der Waals surface area (Å²) in [6.07, 6.45) is -0.410. The van der Waals surface area contributed by atoms with Crippen LogP contribution in [0.15, 0.2) is 0 Å². The van der Waals surface area contributed by atoms with E-state index >= 15 is 0 Å². The zero-order chi connectivity index (χ0) is 15.9. The van der Waals surface area contributed by atoms with Crippen LogP contribution in [0.5, 0.6) is 0 Å². The number of rotatable bonds is 4. The predicted octanol–water partition coefficient (Wildman–Crippen LogP) is 2.49. The zero-order valence-corrected chi connectivity index (χ0v) is 15.1. The minimum absolute atomic E-state index is 0.000214. The summed E-state index contributed by atoms with van der Waals surface area (Å²) in [4.78, 5) is 0. The molecular weight excluding hydrogens is 288 g/mol. The van der Waals surface area contributed by atoms with Crippen LogP contribution < -0.4 is 0 Å². The Labute approximate surface area is 129 Å². The van der Waals surface area contributed by atoms with Crippen molar-refractivity contribution in [3.05, 3.63) is 0 Å². The van der Waals surface area contributed by atoms with Crippen molar-refractivity contribution in [3.8, 4) is 0 Å². The highest BCUT2D eigenvalue weighted by molar-refractivity contribution is 6.74. The molecule has 0 radical (unpaired) electrons. The molecule has 2 aliphatic heterocycles. The minimum atomic E-state index is -1.83. The predicted molar refractivity (Wildman–Crippen MR) is 82.4 cm³/mol. The third-order valence-corrected chi connectivity index (χ3v) is 9.69. The van der Waals surface area contributed by atoms with Crippen molar-refractivity contribution in [2.45, 2.75) is 70.4 Å². The second-order valence-corrected chi connectivity index (χ2v) is 12.6. The molecule has 0 bridgehead atoms. The monoisotopic (exact) mass is 318 g/mol. The molecule has 5 nitrogen and oxygen atoms in total. The molecule has 124 valence electrons. The van der Waals surface area contributed by atoms with Crippen molar-refractivity contribution >= 4 is 8.32 Å². The molecule has 2 fully saturated rings. The Kier molecular flexibility index (Phi) is 4.88. The van der Waals surface area contributed by atoms with E-state index in [1.165, 1.54) is 0 Å². The molecule has 6 heteroatoms. The van der Waals surface area contributed by atoms with E-state index in [2.05, 4.69) is 33.9 Å². The molecular formula is C15H30O5Si. The topological polar surface area (TPSA) is 57.2 Å². The van der Waals surface area contributed by atoms with Gasteiger partial charge in [-0.05, 0) is 25.1 Å². The Morgan fingerprint density at radius 2 is 1.81 bits per heavy atom. The number of ether oxygens (including phenoxy) is 3. The van der Waals surface area contributed by atoms with E-state index in [1.54, 1.807) is 0 Å². The van der Waals surface area contributed by atoms with Crippen LogP contribution >= 0.6 is 0 Å². The highest BCUT2D eigenvalue weighted by Gasteiger charge is 2.50. The summed E-state index contributed by atoms with van der Waals surface area (Å²) in [5.41, 5.74) is 0. The van der Waals surface area contributed by atoms with E-state index in [0.717, 1.165) is 0 Å². The summed E-state index contributed by atoms with van der Waals surface area (Å²) in [5.74, 6) is -0.668. The van der Waals surface area contributed by atoms with Gasteiger partial charge in [-0.1, -0.05) is 20.8 Å². The summed E-state index contributed by atoms with van der Waals surface area (Å²) in [5, 5.41) is 10.0. The molecule has 2 aliphatic rings. The fourth-order valence-electron chi connectivity index (χ4n) is 2.68. The van der Waals surface area contributed by atoms with E-state index in [9.17, 15) is 5.11 Å². The molecule has 2 saturated heterocycles. The normalized spacial score (nSPS) is 33.6. The van der Waals surface area contributed by atoms with Crippen LogP contribution in [-0.2, 0) is 18.6 Å². The van der Waals surface area contributed by atoms with Crippen LogP contribution in [0.1, 0.15) is 34.1 Å². The lowest BCUT2D eigenvalue weighted by Crippen LogP contribution is -2.46. The minimum Gasteiger partial charge on any atom is -0.414 e. The van der Waals surface area contributed by atoms with Gasteiger partial charge in [-0.15, -0.1) is 0 Å².